The third-order valence-corrected chi connectivity index (χ3v) is 6.14. The van der Waals surface area contributed by atoms with Crippen LogP contribution < -0.4 is 14.3 Å². The molecule has 0 fully saturated rings. The Balaban J connectivity index is 1.74. The van der Waals surface area contributed by atoms with Gasteiger partial charge in [0.25, 0.3) is 5.91 Å². The van der Waals surface area contributed by atoms with Gasteiger partial charge >= 0.3 is 10.1 Å². The summed E-state index contributed by atoms with van der Waals surface area (Å²) in [6, 6.07) is 17.9. The van der Waals surface area contributed by atoms with Gasteiger partial charge in [0.1, 0.15) is 4.90 Å². The highest BCUT2D eigenvalue weighted by Crippen LogP contribution is 2.30. The second-order valence-electron chi connectivity index (χ2n) is 6.44. The molecule has 160 valence electrons. The first-order valence-corrected chi connectivity index (χ1v) is 11.3. The second kappa shape index (κ2) is 9.76. The molecule has 0 heterocycles. The van der Waals surface area contributed by atoms with Crippen LogP contribution in [0.5, 0.6) is 11.5 Å². The number of amides is 1. The zero-order valence-corrected chi connectivity index (χ0v) is 19.1. The SMILES string of the molecule is COc1cc(/C=N\NC(=O)c2ccccc2Br)ccc1OS(=O)(=O)c1ccc(C)cc1. The molecule has 0 radical (unpaired) electrons. The lowest BCUT2D eigenvalue weighted by atomic mass is 10.2. The van der Waals surface area contributed by atoms with Crippen LogP contribution in [-0.4, -0.2) is 27.6 Å². The molecule has 0 aromatic heterocycles. The normalized spacial score (nSPS) is 11.3. The number of carbonyl (C=O) groups excluding carboxylic acids is 1. The van der Waals surface area contributed by atoms with E-state index in [-0.39, 0.29) is 22.3 Å². The summed E-state index contributed by atoms with van der Waals surface area (Å²) in [7, 11) is -2.61. The fourth-order valence-electron chi connectivity index (χ4n) is 2.58. The molecule has 0 saturated heterocycles. The van der Waals surface area contributed by atoms with Crippen molar-refractivity contribution in [2.45, 2.75) is 11.8 Å². The van der Waals surface area contributed by atoms with Crippen molar-refractivity contribution in [2.24, 2.45) is 5.10 Å². The average Bonchev–Trinajstić information content (AvgIpc) is 2.75. The molecule has 0 spiro atoms. The van der Waals surface area contributed by atoms with Gasteiger partial charge in [-0.1, -0.05) is 29.8 Å². The highest BCUT2D eigenvalue weighted by molar-refractivity contribution is 9.10. The van der Waals surface area contributed by atoms with Crippen molar-refractivity contribution in [3.8, 4) is 11.5 Å². The van der Waals surface area contributed by atoms with Crippen molar-refractivity contribution in [3.63, 3.8) is 0 Å². The topological polar surface area (TPSA) is 94.1 Å². The number of benzene rings is 3. The van der Waals surface area contributed by atoms with E-state index in [9.17, 15) is 13.2 Å². The minimum atomic E-state index is -4.01. The molecule has 0 bridgehead atoms. The first-order chi connectivity index (χ1) is 14.8. The summed E-state index contributed by atoms with van der Waals surface area (Å²) in [6.45, 7) is 1.86. The number of hydrogen-bond acceptors (Lipinski definition) is 6. The molecule has 31 heavy (non-hydrogen) atoms. The summed E-state index contributed by atoms with van der Waals surface area (Å²) in [5.41, 5.74) is 4.39. The first-order valence-electron chi connectivity index (χ1n) is 9.07. The maximum Gasteiger partial charge on any atom is 0.339 e. The minimum absolute atomic E-state index is 0.0393. The van der Waals surface area contributed by atoms with Crippen molar-refractivity contribution >= 4 is 38.2 Å². The molecule has 0 unspecified atom stereocenters. The van der Waals surface area contributed by atoms with Crippen LogP contribution in [0.1, 0.15) is 21.5 Å². The van der Waals surface area contributed by atoms with Crippen molar-refractivity contribution in [3.05, 3.63) is 87.9 Å². The minimum Gasteiger partial charge on any atom is -0.493 e. The van der Waals surface area contributed by atoms with Crippen LogP contribution in [0, 0.1) is 6.92 Å². The standard InChI is InChI=1S/C22H19BrN2O5S/c1-15-7-10-17(11-8-15)31(27,28)30-20-12-9-16(13-21(20)29-2)14-24-25-22(26)18-5-3-4-6-19(18)23/h3-14H,1-2H3,(H,25,26)/b24-14-. The largest absolute Gasteiger partial charge is 0.493 e. The number of aryl methyl sites for hydroxylation is 1. The monoisotopic (exact) mass is 502 g/mol. The lowest BCUT2D eigenvalue weighted by Crippen LogP contribution is -2.18. The van der Waals surface area contributed by atoms with Crippen molar-refractivity contribution in [2.75, 3.05) is 7.11 Å². The van der Waals surface area contributed by atoms with Crippen molar-refractivity contribution in [1.29, 1.82) is 0 Å². The number of nitrogens with zero attached hydrogens (tertiary/aromatic N) is 1. The number of hydrogen-bond donors (Lipinski definition) is 1. The van der Waals surface area contributed by atoms with Crippen LogP contribution in [0.3, 0.4) is 0 Å². The van der Waals surface area contributed by atoms with Gasteiger partial charge in [-0.15, -0.1) is 0 Å². The van der Waals surface area contributed by atoms with Crippen LogP contribution >= 0.6 is 15.9 Å². The molecule has 0 aliphatic heterocycles. The molecule has 1 amide bonds. The maximum atomic E-state index is 12.5. The van der Waals surface area contributed by atoms with Gasteiger partial charge in [-0.3, -0.25) is 4.79 Å². The van der Waals surface area contributed by atoms with Crippen LogP contribution in [0.2, 0.25) is 0 Å². The van der Waals surface area contributed by atoms with Gasteiger partial charge in [0, 0.05) is 4.47 Å². The second-order valence-corrected chi connectivity index (χ2v) is 8.84. The zero-order valence-electron chi connectivity index (χ0n) is 16.7. The summed E-state index contributed by atoms with van der Waals surface area (Å²) in [5, 5.41) is 3.93. The van der Waals surface area contributed by atoms with Gasteiger partial charge in [0.2, 0.25) is 0 Å². The van der Waals surface area contributed by atoms with E-state index in [0.717, 1.165) is 5.56 Å². The summed E-state index contributed by atoms with van der Waals surface area (Å²) < 4.78 is 36.2. The molecular formula is C22H19BrN2O5S. The van der Waals surface area contributed by atoms with E-state index in [1.54, 1.807) is 48.5 Å². The van der Waals surface area contributed by atoms with Gasteiger partial charge in [-0.2, -0.15) is 13.5 Å². The highest BCUT2D eigenvalue weighted by atomic mass is 79.9. The number of carbonyl (C=O) groups is 1. The molecule has 0 aliphatic carbocycles. The smallest absolute Gasteiger partial charge is 0.339 e. The lowest BCUT2D eigenvalue weighted by molar-refractivity contribution is 0.0954. The van der Waals surface area contributed by atoms with E-state index in [2.05, 4.69) is 26.5 Å². The Labute approximate surface area is 189 Å². The zero-order chi connectivity index (χ0) is 22.4. The molecular weight excluding hydrogens is 484 g/mol. The van der Waals surface area contributed by atoms with Crippen LogP contribution in [-0.2, 0) is 10.1 Å². The molecule has 3 aromatic carbocycles. The number of methoxy groups -OCH3 is 1. The number of nitrogens with one attached hydrogen (secondary N) is 1. The Morgan fingerprint density at radius 3 is 2.42 bits per heavy atom. The Kier molecular flexibility index (Phi) is 7.09. The fraction of sp³-hybridized carbons (Fsp3) is 0.0909. The molecule has 3 aromatic rings. The third kappa shape index (κ3) is 5.71. The highest BCUT2D eigenvalue weighted by Gasteiger charge is 2.19. The molecule has 7 nitrogen and oxygen atoms in total. The number of halogens is 1. The predicted molar refractivity (Wildman–Crippen MR) is 121 cm³/mol. The maximum absolute atomic E-state index is 12.5. The van der Waals surface area contributed by atoms with E-state index >= 15 is 0 Å². The molecule has 3 rings (SSSR count). The van der Waals surface area contributed by atoms with Crippen LogP contribution in [0.4, 0.5) is 0 Å². The van der Waals surface area contributed by atoms with E-state index in [4.69, 9.17) is 8.92 Å². The molecule has 1 N–H and O–H groups in total. The van der Waals surface area contributed by atoms with Gasteiger partial charge < -0.3 is 8.92 Å². The summed E-state index contributed by atoms with van der Waals surface area (Å²) >= 11 is 3.31. The number of rotatable bonds is 7. The van der Waals surface area contributed by atoms with E-state index in [1.165, 1.54) is 31.5 Å². The Bertz CT molecular complexity index is 1220. The number of hydrazone groups is 1. The van der Waals surface area contributed by atoms with Gasteiger partial charge in [0.15, 0.2) is 11.5 Å². The Morgan fingerprint density at radius 1 is 1.03 bits per heavy atom. The van der Waals surface area contributed by atoms with E-state index in [1.807, 2.05) is 6.92 Å². The molecule has 0 aliphatic rings. The fourth-order valence-corrected chi connectivity index (χ4v) is 3.98. The molecule has 0 saturated carbocycles. The van der Waals surface area contributed by atoms with Crippen molar-refractivity contribution < 1.29 is 22.1 Å². The Hall–Kier alpha value is -3.17. The third-order valence-electron chi connectivity index (χ3n) is 4.20. The van der Waals surface area contributed by atoms with Gasteiger partial charge in [0.05, 0.1) is 18.9 Å². The van der Waals surface area contributed by atoms with Crippen LogP contribution in [0.25, 0.3) is 0 Å². The Morgan fingerprint density at radius 2 is 1.74 bits per heavy atom. The predicted octanol–water partition coefficient (Wildman–Crippen LogP) is 4.30. The summed E-state index contributed by atoms with van der Waals surface area (Å²) in [6.07, 6.45) is 1.41. The lowest BCUT2D eigenvalue weighted by Gasteiger charge is -2.11. The molecule has 9 heteroatoms. The summed E-state index contributed by atoms with van der Waals surface area (Å²) in [4.78, 5) is 12.2. The van der Waals surface area contributed by atoms with E-state index < -0.39 is 10.1 Å². The van der Waals surface area contributed by atoms with E-state index in [0.29, 0.717) is 15.6 Å². The van der Waals surface area contributed by atoms with Crippen LogP contribution in [0.15, 0.2) is 81.2 Å². The first kappa shape index (κ1) is 22.5. The summed E-state index contributed by atoms with van der Waals surface area (Å²) in [5.74, 6) is -0.130. The molecule has 0 atom stereocenters. The average molecular weight is 503 g/mol. The van der Waals surface area contributed by atoms with Crippen molar-refractivity contribution in [1.82, 2.24) is 5.43 Å². The van der Waals surface area contributed by atoms with Gasteiger partial charge in [-0.25, -0.2) is 5.43 Å². The van der Waals surface area contributed by atoms with Gasteiger partial charge in [-0.05, 0) is 70.9 Å². The number of ether oxygens (including phenoxy) is 1. The quantitative estimate of drug-likeness (QED) is 0.295.